The molecule has 23 heavy (non-hydrogen) atoms. The van der Waals surface area contributed by atoms with E-state index in [0.29, 0.717) is 12.2 Å². The first-order valence-electron chi connectivity index (χ1n) is 7.44. The monoisotopic (exact) mass is 404 g/mol. The van der Waals surface area contributed by atoms with Crippen LogP contribution in [0.25, 0.3) is 0 Å². The molecule has 1 atom stereocenters. The predicted molar refractivity (Wildman–Crippen MR) is 97.1 cm³/mol. The molecular formula is C15H22BrClN4O2. The Balaban J connectivity index is 0.00000264. The largest absolute Gasteiger partial charge is 0.352 e. The minimum absolute atomic E-state index is 0. The van der Waals surface area contributed by atoms with E-state index in [9.17, 15) is 9.59 Å². The van der Waals surface area contributed by atoms with E-state index in [2.05, 4.69) is 37.2 Å². The fraction of sp³-hybridized carbons (Fsp3) is 0.467. The van der Waals surface area contributed by atoms with Crippen LogP contribution in [-0.2, 0) is 4.79 Å². The molecule has 4 N–H and O–H groups in total. The molecule has 1 aromatic rings. The third-order valence-electron chi connectivity index (χ3n) is 3.40. The summed E-state index contributed by atoms with van der Waals surface area (Å²) in [6, 6.07) is 7.19. The summed E-state index contributed by atoms with van der Waals surface area (Å²) < 4.78 is 0.951. The van der Waals surface area contributed by atoms with Gasteiger partial charge in [-0.05, 0) is 43.7 Å². The molecule has 8 heteroatoms. The van der Waals surface area contributed by atoms with Crippen LogP contribution in [0.3, 0.4) is 0 Å². The number of carbonyl (C=O) groups is 2. The first-order valence-corrected chi connectivity index (χ1v) is 8.23. The first kappa shape index (κ1) is 19.7. The second kappa shape index (κ2) is 10.5. The van der Waals surface area contributed by atoms with Gasteiger partial charge in [-0.2, -0.15) is 0 Å². The molecule has 0 aromatic heterocycles. The van der Waals surface area contributed by atoms with E-state index in [1.54, 1.807) is 12.1 Å². The Hall–Kier alpha value is -1.31. The summed E-state index contributed by atoms with van der Waals surface area (Å²) in [6.45, 7) is 2.15. The molecule has 0 bridgehead atoms. The van der Waals surface area contributed by atoms with E-state index in [1.807, 2.05) is 12.1 Å². The summed E-state index contributed by atoms with van der Waals surface area (Å²) in [5.74, 6) is -0.0300. The zero-order valence-corrected chi connectivity index (χ0v) is 15.1. The predicted octanol–water partition coefficient (Wildman–Crippen LogP) is 2.25. The topological polar surface area (TPSA) is 82.3 Å². The number of halogens is 2. The molecule has 0 aliphatic carbocycles. The molecule has 1 aliphatic heterocycles. The SMILES string of the molecule is Cl.O=C(CCNC(=O)Nc1ccc(Br)cc1)N[C@H]1CCCNC1. The van der Waals surface area contributed by atoms with Gasteiger partial charge in [0.15, 0.2) is 0 Å². The van der Waals surface area contributed by atoms with Crippen LogP contribution in [0.2, 0.25) is 0 Å². The molecule has 0 spiro atoms. The molecule has 0 saturated carbocycles. The lowest BCUT2D eigenvalue weighted by atomic mass is 10.1. The van der Waals surface area contributed by atoms with Gasteiger partial charge in [0, 0.05) is 35.7 Å². The fourth-order valence-electron chi connectivity index (χ4n) is 2.27. The average molecular weight is 406 g/mol. The number of hydrogen-bond donors (Lipinski definition) is 4. The van der Waals surface area contributed by atoms with Crippen molar-refractivity contribution < 1.29 is 9.59 Å². The summed E-state index contributed by atoms with van der Waals surface area (Å²) in [7, 11) is 0. The second-order valence-corrected chi connectivity index (χ2v) is 6.16. The van der Waals surface area contributed by atoms with Gasteiger partial charge in [-0.3, -0.25) is 4.79 Å². The zero-order chi connectivity index (χ0) is 15.8. The molecule has 3 amide bonds. The van der Waals surface area contributed by atoms with Gasteiger partial charge in [0.2, 0.25) is 5.91 Å². The Labute approximate surface area is 150 Å². The van der Waals surface area contributed by atoms with Crippen LogP contribution in [0.5, 0.6) is 0 Å². The van der Waals surface area contributed by atoms with Gasteiger partial charge in [-0.1, -0.05) is 15.9 Å². The number of hydrogen-bond acceptors (Lipinski definition) is 3. The van der Waals surface area contributed by atoms with Crippen LogP contribution in [-0.4, -0.2) is 37.6 Å². The maximum Gasteiger partial charge on any atom is 0.319 e. The highest BCUT2D eigenvalue weighted by Crippen LogP contribution is 2.13. The van der Waals surface area contributed by atoms with Gasteiger partial charge >= 0.3 is 6.03 Å². The average Bonchev–Trinajstić information content (AvgIpc) is 2.50. The molecule has 1 aromatic carbocycles. The van der Waals surface area contributed by atoms with Crippen molar-refractivity contribution in [2.24, 2.45) is 0 Å². The van der Waals surface area contributed by atoms with Crippen molar-refractivity contribution >= 4 is 46.0 Å². The first-order chi connectivity index (χ1) is 10.6. The number of piperidine rings is 1. The van der Waals surface area contributed by atoms with Crippen LogP contribution in [0.15, 0.2) is 28.7 Å². The van der Waals surface area contributed by atoms with E-state index in [1.165, 1.54) is 0 Å². The maximum atomic E-state index is 11.8. The summed E-state index contributed by atoms with van der Waals surface area (Å²) in [4.78, 5) is 23.5. The summed E-state index contributed by atoms with van der Waals surface area (Å²) in [5.41, 5.74) is 0.707. The normalized spacial score (nSPS) is 16.8. The number of carbonyl (C=O) groups excluding carboxylic acids is 2. The van der Waals surface area contributed by atoms with Crippen molar-refractivity contribution in [3.8, 4) is 0 Å². The lowest BCUT2D eigenvalue weighted by molar-refractivity contribution is -0.121. The number of benzene rings is 1. The van der Waals surface area contributed by atoms with Gasteiger partial charge in [0.25, 0.3) is 0 Å². The van der Waals surface area contributed by atoms with E-state index < -0.39 is 0 Å². The Morgan fingerprint density at radius 2 is 2.00 bits per heavy atom. The van der Waals surface area contributed by atoms with Gasteiger partial charge in [-0.25, -0.2) is 4.79 Å². The lowest BCUT2D eigenvalue weighted by Crippen LogP contribution is -2.46. The molecule has 1 heterocycles. The lowest BCUT2D eigenvalue weighted by Gasteiger charge is -2.23. The maximum absolute atomic E-state index is 11.8. The van der Waals surface area contributed by atoms with Gasteiger partial charge in [-0.15, -0.1) is 12.4 Å². The minimum Gasteiger partial charge on any atom is -0.352 e. The van der Waals surface area contributed by atoms with Gasteiger partial charge < -0.3 is 21.3 Å². The molecule has 1 saturated heterocycles. The Morgan fingerprint density at radius 3 is 2.65 bits per heavy atom. The molecule has 1 aliphatic rings. The zero-order valence-electron chi connectivity index (χ0n) is 12.7. The number of anilines is 1. The standard InChI is InChI=1S/C15H21BrN4O2.ClH/c16-11-3-5-12(6-4-11)20-15(22)18-9-7-14(21)19-13-2-1-8-17-10-13;/h3-6,13,17H,1-2,7-10H2,(H,19,21)(H2,18,20,22);1H/t13-;/m0./s1. The highest BCUT2D eigenvalue weighted by Gasteiger charge is 2.15. The van der Waals surface area contributed by atoms with E-state index in [0.717, 1.165) is 30.4 Å². The summed E-state index contributed by atoms with van der Waals surface area (Å²) >= 11 is 3.33. The molecule has 128 valence electrons. The molecule has 6 nitrogen and oxygen atoms in total. The highest BCUT2D eigenvalue weighted by atomic mass is 79.9. The van der Waals surface area contributed by atoms with Crippen LogP contribution in [0, 0.1) is 0 Å². The van der Waals surface area contributed by atoms with Crippen molar-refractivity contribution in [3.63, 3.8) is 0 Å². The second-order valence-electron chi connectivity index (χ2n) is 5.25. The fourth-order valence-corrected chi connectivity index (χ4v) is 2.54. The van der Waals surface area contributed by atoms with Crippen molar-refractivity contribution in [1.82, 2.24) is 16.0 Å². The smallest absolute Gasteiger partial charge is 0.319 e. The third-order valence-corrected chi connectivity index (χ3v) is 3.93. The van der Waals surface area contributed by atoms with Crippen LogP contribution >= 0.6 is 28.3 Å². The Bertz CT molecular complexity index is 507. The van der Waals surface area contributed by atoms with Crippen LogP contribution in [0.4, 0.5) is 10.5 Å². The molecule has 2 rings (SSSR count). The van der Waals surface area contributed by atoms with Gasteiger partial charge in [0.1, 0.15) is 0 Å². The van der Waals surface area contributed by atoms with Crippen LogP contribution in [0.1, 0.15) is 19.3 Å². The Kier molecular flexibility index (Phi) is 8.98. The highest BCUT2D eigenvalue weighted by molar-refractivity contribution is 9.10. The van der Waals surface area contributed by atoms with Crippen molar-refractivity contribution in [1.29, 1.82) is 0 Å². The number of nitrogens with one attached hydrogen (secondary N) is 4. The quantitative estimate of drug-likeness (QED) is 0.606. The molecule has 0 radical (unpaired) electrons. The van der Waals surface area contributed by atoms with Gasteiger partial charge in [0.05, 0.1) is 0 Å². The minimum atomic E-state index is -0.311. The van der Waals surface area contributed by atoms with E-state index in [4.69, 9.17) is 0 Å². The third kappa shape index (κ3) is 7.67. The van der Waals surface area contributed by atoms with Crippen molar-refractivity contribution in [2.45, 2.75) is 25.3 Å². The summed E-state index contributed by atoms with van der Waals surface area (Å²) in [6.07, 6.45) is 2.37. The molecular weight excluding hydrogens is 384 g/mol. The van der Waals surface area contributed by atoms with Crippen LogP contribution < -0.4 is 21.3 Å². The summed E-state index contributed by atoms with van der Waals surface area (Å²) in [5, 5.41) is 11.6. The molecule has 0 unspecified atom stereocenters. The molecule has 1 fully saturated rings. The number of urea groups is 1. The number of amides is 3. The van der Waals surface area contributed by atoms with Crippen molar-refractivity contribution in [2.75, 3.05) is 25.0 Å². The Morgan fingerprint density at radius 1 is 1.26 bits per heavy atom. The van der Waals surface area contributed by atoms with E-state index in [-0.39, 0.29) is 36.8 Å². The number of rotatable bonds is 5. The van der Waals surface area contributed by atoms with Crippen molar-refractivity contribution in [3.05, 3.63) is 28.7 Å². The van der Waals surface area contributed by atoms with E-state index >= 15 is 0 Å².